The molecule has 148 valence electrons. The molecular formula is C21H35NO4. The summed E-state index contributed by atoms with van der Waals surface area (Å²) in [7, 11) is 3.43. The smallest absolute Gasteiger partial charge is 0.259 e. The lowest BCUT2D eigenvalue weighted by Crippen LogP contribution is -2.25. The number of nitrogens with zero attached hydrogens (tertiary/aromatic N) is 1. The molecule has 0 aromatic carbocycles. The van der Waals surface area contributed by atoms with E-state index in [1.54, 1.807) is 20.4 Å². The number of aliphatic hydroxyl groups is 2. The van der Waals surface area contributed by atoms with Crippen LogP contribution in [0, 0.1) is 17.8 Å². The number of aliphatic hydroxyl groups excluding tert-OH is 2. The second-order valence-corrected chi connectivity index (χ2v) is 8.04. The summed E-state index contributed by atoms with van der Waals surface area (Å²) in [5.74, 6) is 0.934. The first-order valence-electron chi connectivity index (χ1n) is 9.96. The first-order valence-corrected chi connectivity index (χ1v) is 9.96. The van der Waals surface area contributed by atoms with E-state index in [0.29, 0.717) is 11.8 Å². The lowest BCUT2D eigenvalue weighted by molar-refractivity contribution is -0.131. The van der Waals surface area contributed by atoms with Gasteiger partial charge in [-0.2, -0.15) is 0 Å². The van der Waals surface area contributed by atoms with E-state index < -0.39 is 6.10 Å². The number of hydrogen-bond acceptors (Lipinski definition) is 4. The molecule has 0 unspecified atom stereocenters. The molecule has 0 bridgehead atoms. The quantitative estimate of drug-likeness (QED) is 0.374. The Morgan fingerprint density at radius 3 is 2.81 bits per heavy atom. The number of amides is 1. The Bertz CT molecular complexity index is 514. The van der Waals surface area contributed by atoms with E-state index in [0.717, 1.165) is 44.9 Å². The zero-order valence-corrected chi connectivity index (χ0v) is 16.4. The van der Waals surface area contributed by atoms with Crippen LogP contribution in [-0.2, 0) is 9.53 Å². The highest BCUT2D eigenvalue weighted by Crippen LogP contribution is 2.50. The summed E-state index contributed by atoms with van der Waals surface area (Å²) in [5.41, 5.74) is 1.22. The summed E-state index contributed by atoms with van der Waals surface area (Å²) in [6, 6.07) is 0. The molecule has 1 amide bonds. The highest BCUT2D eigenvalue weighted by molar-refractivity contribution is 5.76. The molecule has 5 heteroatoms. The minimum Gasteiger partial charge on any atom is -0.491 e. The molecular weight excluding hydrogens is 330 g/mol. The number of ether oxygens (including phenoxy) is 1. The number of likely N-dealkylation sites (N-methyl/N-ethyl adjacent to an activating group) is 1. The van der Waals surface area contributed by atoms with Gasteiger partial charge in [0, 0.05) is 20.0 Å². The monoisotopic (exact) mass is 365 g/mol. The molecule has 0 spiro atoms. The third kappa shape index (κ3) is 5.85. The van der Waals surface area contributed by atoms with E-state index >= 15 is 0 Å². The summed E-state index contributed by atoms with van der Waals surface area (Å²) in [6.07, 6.45) is 11.7. The van der Waals surface area contributed by atoms with Gasteiger partial charge in [0.1, 0.15) is 0 Å². The molecule has 0 radical (unpaired) electrons. The van der Waals surface area contributed by atoms with E-state index in [1.807, 2.05) is 12.2 Å². The number of unbranched alkanes of at least 4 members (excludes halogenated alkanes) is 2. The number of fused-ring (bicyclic) bond motifs is 1. The molecule has 2 N–H and O–H groups in total. The normalized spacial score (nSPS) is 30.7. The number of allylic oxidation sites excluding steroid dienone is 1. The topological polar surface area (TPSA) is 70.0 Å². The van der Waals surface area contributed by atoms with E-state index in [2.05, 4.69) is 6.92 Å². The first kappa shape index (κ1) is 21.0. The molecule has 26 heavy (non-hydrogen) atoms. The molecule has 0 saturated heterocycles. The lowest BCUT2D eigenvalue weighted by atomic mass is 9.90. The van der Waals surface area contributed by atoms with Crippen molar-refractivity contribution in [3.8, 4) is 0 Å². The van der Waals surface area contributed by atoms with Crippen LogP contribution in [0.2, 0.25) is 0 Å². The van der Waals surface area contributed by atoms with Crippen molar-refractivity contribution >= 4 is 5.91 Å². The molecule has 2 rings (SSSR count). The third-order valence-corrected chi connectivity index (χ3v) is 5.73. The van der Waals surface area contributed by atoms with E-state index in [-0.39, 0.29) is 24.5 Å². The lowest BCUT2D eigenvalue weighted by Gasteiger charge is -2.17. The zero-order valence-electron chi connectivity index (χ0n) is 16.4. The molecule has 5 atom stereocenters. The van der Waals surface area contributed by atoms with E-state index in [1.165, 1.54) is 10.5 Å². The van der Waals surface area contributed by atoms with Gasteiger partial charge in [-0.25, -0.2) is 0 Å². The van der Waals surface area contributed by atoms with Crippen molar-refractivity contribution in [2.75, 3.05) is 20.7 Å². The minimum absolute atomic E-state index is 0.0478. The summed E-state index contributed by atoms with van der Waals surface area (Å²) in [6.45, 7) is 2.23. The number of hydrogen-bond donors (Lipinski definition) is 2. The van der Waals surface area contributed by atoms with Crippen molar-refractivity contribution in [3.63, 3.8) is 0 Å². The van der Waals surface area contributed by atoms with E-state index in [4.69, 9.17) is 4.74 Å². The van der Waals surface area contributed by atoms with Crippen LogP contribution in [0.15, 0.2) is 24.0 Å². The van der Waals surface area contributed by atoms with Gasteiger partial charge in [0.05, 0.1) is 18.5 Å². The average molecular weight is 366 g/mol. The summed E-state index contributed by atoms with van der Waals surface area (Å²) in [5, 5.41) is 20.5. The van der Waals surface area contributed by atoms with Crippen molar-refractivity contribution in [2.45, 2.75) is 64.1 Å². The van der Waals surface area contributed by atoms with Crippen LogP contribution in [0.25, 0.3) is 0 Å². The number of carbonyl (C=O) groups excluding carboxylic acids is 1. The first-order chi connectivity index (χ1) is 12.4. The molecule has 2 aliphatic rings. The maximum atomic E-state index is 11.6. The van der Waals surface area contributed by atoms with Crippen LogP contribution >= 0.6 is 0 Å². The average Bonchev–Trinajstić information content (AvgIpc) is 3.09. The van der Waals surface area contributed by atoms with Crippen LogP contribution in [0.1, 0.15) is 51.9 Å². The van der Waals surface area contributed by atoms with Crippen LogP contribution in [0.5, 0.6) is 0 Å². The SMILES string of the molecule is CCCCC[C@H](O)/C=C/[C@@H]1[C@H]2C/C(=C/OCC(=O)N(C)C)C[C@H]2C[C@H]1O. The summed E-state index contributed by atoms with van der Waals surface area (Å²) >= 11 is 0. The Morgan fingerprint density at radius 2 is 2.12 bits per heavy atom. The maximum absolute atomic E-state index is 11.6. The van der Waals surface area contributed by atoms with Crippen molar-refractivity contribution < 1.29 is 19.7 Å². The zero-order chi connectivity index (χ0) is 19.1. The van der Waals surface area contributed by atoms with Gasteiger partial charge in [0.25, 0.3) is 5.91 Å². The van der Waals surface area contributed by atoms with Crippen molar-refractivity contribution in [2.24, 2.45) is 17.8 Å². The van der Waals surface area contributed by atoms with Gasteiger partial charge in [-0.1, -0.05) is 38.3 Å². The Morgan fingerprint density at radius 1 is 1.35 bits per heavy atom. The Balaban J connectivity index is 1.84. The molecule has 0 aromatic heterocycles. The van der Waals surface area contributed by atoms with Gasteiger partial charge in [0.15, 0.2) is 6.61 Å². The summed E-state index contributed by atoms with van der Waals surface area (Å²) in [4.78, 5) is 13.1. The van der Waals surface area contributed by atoms with Crippen LogP contribution in [-0.4, -0.2) is 53.9 Å². The fourth-order valence-electron chi connectivity index (χ4n) is 4.19. The van der Waals surface area contributed by atoms with E-state index in [9.17, 15) is 15.0 Å². The third-order valence-electron chi connectivity index (χ3n) is 5.73. The predicted octanol–water partition coefficient (Wildman–Crippen LogP) is 2.88. The van der Waals surface area contributed by atoms with Crippen molar-refractivity contribution in [1.29, 1.82) is 0 Å². The second-order valence-electron chi connectivity index (χ2n) is 8.04. The van der Waals surface area contributed by atoms with Crippen LogP contribution in [0.3, 0.4) is 0 Å². The van der Waals surface area contributed by atoms with Gasteiger partial charge in [-0.3, -0.25) is 4.79 Å². The van der Waals surface area contributed by atoms with Gasteiger partial charge in [-0.15, -0.1) is 0 Å². The fraction of sp³-hybridized carbons (Fsp3) is 0.762. The molecule has 0 aromatic rings. The van der Waals surface area contributed by atoms with Gasteiger partial charge >= 0.3 is 0 Å². The number of carbonyl (C=O) groups is 1. The highest BCUT2D eigenvalue weighted by atomic mass is 16.5. The molecule has 2 fully saturated rings. The molecule has 2 aliphatic carbocycles. The Kier molecular flexibility index (Phi) is 8.16. The van der Waals surface area contributed by atoms with Crippen molar-refractivity contribution in [3.05, 3.63) is 24.0 Å². The standard InChI is InChI=1S/C21H35NO4/c1-4-5-6-7-17(23)8-9-18-19-11-15(10-16(19)12-20(18)24)13-26-14-21(25)22(2)3/h8-9,13,16-20,23-24H,4-7,10-12,14H2,1-3H3/b9-8+,15-13+/t16-,17-,18+,19-,20+/m0/s1. The minimum atomic E-state index is -0.412. The van der Waals surface area contributed by atoms with Crippen molar-refractivity contribution in [1.82, 2.24) is 4.90 Å². The Labute approximate surface area is 157 Å². The molecule has 5 nitrogen and oxygen atoms in total. The molecule has 0 aliphatic heterocycles. The van der Waals surface area contributed by atoms with Gasteiger partial charge in [-0.05, 0) is 43.1 Å². The number of rotatable bonds is 9. The second kappa shape index (κ2) is 10.1. The largest absolute Gasteiger partial charge is 0.491 e. The fourth-order valence-corrected chi connectivity index (χ4v) is 4.19. The summed E-state index contributed by atoms with van der Waals surface area (Å²) < 4.78 is 5.45. The van der Waals surface area contributed by atoms with Crippen LogP contribution in [0.4, 0.5) is 0 Å². The Hall–Kier alpha value is -1.33. The van der Waals surface area contributed by atoms with Gasteiger partial charge in [0.2, 0.25) is 0 Å². The highest BCUT2D eigenvalue weighted by Gasteiger charge is 2.45. The molecule has 2 saturated carbocycles. The predicted molar refractivity (Wildman–Crippen MR) is 102 cm³/mol. The molecule has 0 heterocycles. The van der Waals surface area contributed by atoms with Gasteiger partial charge < -0.3 is 19.8 Å². The van der Waals surface area contributed by atoms with Crippen LogP contribution < -0.4 is 0 Å². The maximum Gasteiger partial charge on any atom is 0.259 e.